The quantitative estimate of drug-likeness (QED) is 0.443. The van der Waals surface area contributed by atoms with E-state index in [1.54, 1.807) is 24.3 Å². The Balaban J connectivity index is 1.73. The Hall–Kier alpha value is -3.19. The lowest BCUT2D eigenvalue weighted by Gasteiger charge is -1.98. The van der Waals surface area contributed by atoms with E-state index in [9.17, 15) is 14.9 Å². The predicted octanol–water partition coefficient (Wildman–Crippen LogP) is 3.76. The summed E-state index contributed by atoms with van der Waals surface area (Å²) in [6, 6.07) is 13.0. The lowest BCUT2D eigenvalue weighted by atomic mass is 10.2. The Kier molecular flexibility index (Phi) is 4.26. The fraction of sp³-hybridized carbons (Fsp3) is 0. The number of amides is 1. The van der Waals surface area contributed by atoms with Gasteiger partial charge in [0.15, 0.2) is 5.76 Å². The van der Waals surface area contributed by atoms with Crippen LogP contribution in [0.5, 0.6) is 0 Å². The number of hydrazone groups is 1. The summed E-state index contributed by atoms with van der Waals surface area (Å²) in [6.07, 6.45) is 1.28. The van der Waals surface area contributed by atoms with E-state index in [0.29, 0.717) is 11.1 Å². The van der Waals surface area contributed by atoms with Crippen LogP contribution in [0, 0.1) is 10.1 Å². The number of nitro benzene ring substituents is 1. The number of halogens is 1. The van der Waals surface area contributed by atoms with Crippen LogP contribution in [0.25, 0.3) is 11.0 Å². The van der Waals surface area contributed by atoms with Gasteiger partial charge in [-0.2, -0.15) is 5.10 Å². The van der Waals surface area contributed by atoms with Crippen LogP contribution < -0.4 is 5.43 Å². The first-order valence-corrected chi connectivity index (χ1v) is 7.18. The van der Waals surface area contributed by atoms with Gasteiger partial charge in [0.2, 0.25) is 0 Å². The van der Waals surface area contributed by atoms with Crippen molar-refractivity contribution in [1.29, 1.82) is 0 Å². The third-order valence-corrected chi connectivity index (χ3v) is 3.52. The molecule has 2 aromatic carbocycles. The molecule has 0 saturated heterocycles. The van der Waals surface area contributed by atoms with Crippen LogP contribution >= 0.6 is 11.6 Å². The monoisotopic (exact) mass is 343 g/mol. The van der Waals surface area contributed by atoms with Gasteiger partial charge in [-0.1, -0.05) is 35.9 Å². The molecule has 0 aliphatic carbocycles. The normalized spacial score (nSPS) is 11.0. The summed E-state index contributed by atoms with van der Waals surface area (Å²) < 4.78 is 5.41. The fourth-order valence-electron chi connectivity index (χ4n) is 2.06. The van der Waals surface area contributed by atoms with Gasteiger partial charge in [-0.25, -0.2) is 5.43 Å². The lowest BCUT2D eigenvalue weighted by molar-refractivity contribution is -0.384. The van der Waals surface area contributed by atoms with Crippen molar-refractivity contribution in [3.8, 4) is 0 Å². The zero-order valence-electron chi connectivity index (χ0n) is 12.1. The van der Waals surface area contributed by atoms with E-state index in [1.165, 1.54) is 18.3 Å². The Morgan fingerprint density at radius 1 is 1.25 bits per heavy atom. The van der Waals surface area contributed by atoms with Crippen molar-refractivity contribution < 1.29 is 14.1 Å². The molecule has 120 valence electrons. The second kappa shape index (κ2) is 6.51. The molecule has 8 heteroatoms. The summed E-state index contributed by atoms with van der Waals surface area (Å²) in [4.78, 5) is 22.2. The maximum absolute atomic E-state index is 12.0. The first kappa shape index (κ1) is 15.7. The molecule has 0 unspecified atom stereocenters. The molecular formula is C16H10ClN3O4. The van der Waals surface area contributed by atoms with Crippen LogP contribution in [0.2, 0.25) is 5.02 Å². The van der Waals surface area contributed by atoms with Gasteiger partial charge in [-0.15, -0.1) is 0 Å². The van der Waals surface area contributed by atoms with Gasteiger partial charge in [0.05, 0.1) is 11.1 Å². The van der Waals surface area contributed by atoms with Crippen molar-refractivity contribution in [1.82, 2.24) is 5.43 Å². The molecule has 0 aliphatic heterocycles. The highest BCUT2D eigenvalue weighted by atomic mass is 35.5. The van der Waals surface area contributed by atoms with Gasteiger partial charge in [0.1, 0.15) is 10.6 Å². The summed E-state index contributed by atoms with van der Waals surface area (Å²) in [6.45, 7) is 0. The molecule has 0 radical (unpaired) electrons. The molecule has 3 aromatic rings. The number of carbonyl (C=O) groups excluding carboxylic acids is 1. The van der Waals surface area contributed by atoms with Crippen molar-refractivity contribution in [3.63, 3.8) is 0 Å². The van der Waals surface area contributed by atoms with E-state index in [-0.39, 0.29) is 16.5 Å². The second-order valence-corrected chi connectivity index (χ2v) is 5.22. The maximum atomic E-state index is 12.0. The van der Waals surface area contributed by atoms with Crippen molar-refractivity contribution in [2.24, 2.45) is 5.10 Å². The van der Waals surface area contributed by atoms with Gasteiger partial charge in [-0.3, -0.25) is 14.9 Å². The first-order chi connectivity index (χ1) is 11.5. The van der Waals surface area contributed by atoms with Crippen molar-refractivity contribution >= 4 is 40.4 Å². The Morgan fingerprint density at radius 3 is 2.79 bits per heavy atom. The van der Waals surface area contributed by atoms with E-state index in [2.05, 4.69) is 10.5 Å². The summed E-state index contributed by atoms with van der Waals surface area (Å²) in [5.41, 5.74) is 3.10. The van der Waals surface area contributed by atoms with Crippen LogP contribution in [-0.2, 0) is 0 Å². The van der Waals surface area contributed by atoms with E-state index < -0.39 is 10.8 Å². The van der Waals surface area contributed by atoms with Crippen LogP contribution in [0.1, 0.15) is 16.1 Å². The number of hydrogen-bond donors (Lipinski definition) is 1. The van der Waals surface area contributed by atoms with Gasteiger partial charge in [0.25, 0.3) is 5.69 Å². The molecule has 0 fully saturated rings. The third kappa shape index (κ3) is 3.26. The fourth-order valence-corrected chi connectivity index (χ4v) is 2.25. The highest BCUT2D eigenvalue weighted by molar-refractivity contribution is 6.32. The molecule has 24 heavy (non-hydrogen) atoms. The number of benzene rings is 2. The molecule has 0 atom stereocenters. The number of fused-ring (bicyclic) bond motifs is 1. The largest absolute Gasteiger partial charge is 0.451 e. The van der Waals surface area contributed by atoms with Crippen LogP contribution in [0.3, 0.4) is 0 Å². The number of furan rings is 1. The Labute approximate surface area is 140 Å². The average molecular weight is 344 g/mol. The molecule has 0 saturated carbocycles. The smallest absolute Gasteiger partial charge is 0.307 e. The predicted molar refractivity (Wildman–Crippen MR) is 89.4 cm³/mol. The van der Waals surface area contributed by atoms with E-state index in [4.69, 9.17) is 16.0 Å². The number of hydrogen-bond acceptors (Lipinski definition) is 5. The standard InChI is InChI=1S/C16H10ClN3O4/c17-12-6-5-10(7-13(12)20(22)23)9-18-19-16(21)15-8-11-3-1-2-4-14(11)24-15/h1-9H,(H,19,21)/b18-9+. The molecule has 0 bridgehead atoms. The molecule has 1 amide bonds. The summed E-state index contributed by atoms with van der Waals surface area (Å²) in [5, 5.41) is 15.4. The average Bonchev–Trinajstić information content (AvgIpc) is 3.00. The van der Waals surface area contributed by atoms with Crippen LogP contribution in [0.15, 0.2) is 58.0 Å². The molecule has 1 N–H and O–H groups in total. The highest BCUT2D eigenvalue weighted by Gasteiger charge is 2.13. The minimum Gasteiger partial charge on any atom is -0.451 e. The zero-order chi connectivity index (χ0) is 17.1. The van der Waals surface area contributed by atoms with Crippen molar-refractivity contribution in [2.45, 2.75) is 0 Å². The Bertz CT molecular complexity index is 932. The summed E-state index contributed by atoms with van der Waals surface area (Å²) in [5.74, 6) is -0.402. The van der Waals surface area contributed by atoms with E-state index in [0.717, 1.165) is 5.39 Å². The topological polar surface area (TPSA) is 97.7 Å². The minimum atomic E-state index is -0.591. The van der Waals surface area contributed by atoms with Gasteiger partial charge in [0, 0.05) is 17.0 Å². The van der Waals surface area contributed by atoms with E-state index >= 15 is 0 Å². The van der Waals surface area contributed by atoms with Crippen molar-refractivity contribution in [3.05, 3.63) is 75.0 Å². The number of nitrogens with zero attached hydrogens (tertiary/aromatic N) is 2. The SMILES string of the molecule is O=C(N/N=C/c1ccc(Cl)c([N+](=O)[O-])c1)c1cc2ccccc2o1. The maximum Gasteiger partial charge on any atom is 0.307 e. The summed E-state index contributed by atoms with van der Waals surface area (Å²) in [7, 11) is 0. The minimum absolute atomic E-state index is 0.0310. The second-order valence-electron chi connectivity index (χ2n) is 4.82. The van der Waals surface area contributed by atoms with E-state index in [1.807, 2.05) is 12.1 Å². The molecular weight excluding hydrogens is 334 g/mol. The first-order valence-electron chi connectivity index (χ1n) is 6.80. The molecule has 3 rings (SSSR count). The third-order valence-electron chi connectivity index (χ3n) is 3.20. The molecule has 0 aliphatic rings. The van der Waals surface area contributed by atoms with Gasteiger partial charge in [-0.05, 0) is 18.2 Å². The lowest BCUT2D eigenvalue weighted by Crippen LogP contribution is -2.16. The zero-order valence-corrected chi connectivity index (χ0v) is 12.9. The van der Waals surface area contributed by atoms with Gasteiger partial charge < -0.3 is 4.42 Å². The Morgan fingerprint density at radius 2 is 2.04 bits per heavy atom. The number of nitro groups is 1. The number of rotatable bonds is 4. The van der Waals surface area contributed by atoms with Gasteiger partial charge >= 0.3 is 5.91 Å². The number of para-hydroxylation sites is 1. The van der Waals surface area contributed by atoms with Crippen LogP contribution in [-0.4, -0.2) is 17.0 Å². The van der Waals surface area contributed by atoms with Crippen molar-refractivity contribution in [2.75, 3.05) is 0 Å². The molecule has 7 nitrogen and oxygen atoms in total. The molecule has 1 aromatic heterocycles. The molecule has 1 heterocycles. The number of nitrogens with one attached hydrogen (secondary N) is 1. The summed E-state index contributed by atoms with van der Waals surface area (Å²) >= 11 is 5.73. The number of carbonyl (C=O) groups is 1. The molecule has 0 spiro atoms. The van der Waals surface area contributed by atoms with Crippen LogP contribution in [0.4, 0.5) is 5.69 Å². The highest BCUT2D eigenvalue weighted by Crippen LogP contribution is 2.24.